The lowest BCUT2D eigenvalue weighted by atomic mass is 10.1. The van der Waals surface area contributed by atoms with Crippen molar-refractivity contribution in [3.63, 3.8) is 0 Å². The topological polar surface area (TPSA) is 38.0 Å². The first-order valence-electron chi connectivity index (χ1n) is 4.05. The predicted molar refractivity (Wildman–Crippen MR) is 56.6 cm³/mol. The molecule has 1 rings (SSSR count). The van der Waals surface area contributed by atoms with Gasteiger partial charge in [-0.1, -0.05) is 6.07 Å². The molecule has 0 aromatic heterocycles. The summed E-state index contributed by atoms with van der Waals surface area (Å²) in [5.74, 6) is 0. The van der Waals surface area contributed by atoms with E-state index in [1.54, 1.807) is 0 Å². The van der Waals surface area contributed by atoms with E-state index >= 15 is 0 Å². The normalized spacial score (nSPS) is 11.2. The smallest absolute Gasteiger partial charge is 0.376 e. The molecule has 0 bridgehead atoms. The molecule has 1 aromatic rings. The average molecular weight is 234 g/mol. The van der Waals surface area contributed by atoms with Crippen LogP contribution in [0.4, 0.5) is 18.9 Å². The summed E-state index contributed by atoms with van der Waals surface area (Å²) in [6.45, 7) is 1.36. The molecule has 0 saturated carbocycles. The molecule has 0 aliphatic carbocycles. The summed E-state index contributed by atoms with van der Waals surface area (Å²) in [4.78, 5) is 0. The van der Waals surface area contributed by atoms with Crippen molar-refractivity contribution < 1.29 is 13.2 Å². The predicted octanol–water partition coefficient (Wildman–Crippen LogP) is 2.67. The molecular weight excluding hydrogens is 225 g/mol. The molecule has 0 fully saturated rings. The Hall–Kier alpha value is -1.30. The van der Waals surface area contributed by atoms with Crippen LogP contribution < -0.4 is 11.1 Å². The summed E-state index contributed by atoms with van der Waals surface area (Å²) >= 11 is 4.56. The van der Waals surface area contributed by atoms with Gasteiger partial charge in [-0.2, -0.15) is 13.2 Å². The van der Waals surface area contributed by atoms with E-state index in [1.165, 1.54) is 19.1 Å². The number of alkyl halides is 3. The number of halogens is 3. The van der Waals surface area contributed by atoms with Gasteiger partial charge < -0.3 is 11.1 Å². The fourth-order valence-electron chi connectivity index (χ4n) is 1.21. The van der Waals surface area contributed by atoms with Crippen molar-refractivity contribution in [2.75, 3.05) is 5.32 Å². The summed E-state index contributed by atoms with van der Waals surface area (Å²) in [6.07, 6.45) is -4.36. The van der Waals surface area contributed by atoms with Gasteiger partial charge in [-0.25, -0.2) is 0 Å². The Labute approximate surface area is 90.3 Å². The quantitative estimate of drug-likeness (QED) is 0.734. The molecule has 15 heavy (non-hydrogen) atoms. The second-order valence-electron chi connectivity index (χ2n) is 2.97. The Balaban J connectivity index is 3.17. The van der Waals surface area contributed by atoms with Crippen LogP contribution in [0.3, 0.4) is 0 Å². The van der Waals surface area contributed by atoms with E-state index in [-0.39, 0.29) is 16.4 Å². The third-order valence-electron chi connectivity index (χ3n) is 1.90. The summed E-state index contributed by atoms with van der Waals surface area (Å²) in [5, 5.41) is 2.44. The first kappa shape index (κ1) is 11.8. The fourth-order valence-corrected chi connectivity index (χ4v) is 1.32. The van der Waals surface area contributed by atoms with E-state index in [1.807, 2.05) is 0 Å². The van der Waals surface area contributed by atoms with Gasteiger partial charge in [0.2, 0.25) is 0 Å². The van der Waals surface area contributed by atoms with Gasteiger partial charge in [0.1, 0.15) is 0 Å². The van der Waals surface area contributed by atoms with Crippen LogP contribution in [0.1, 0.15) is 11.1 Å². The Morgan fingerprint density at radius 1 is 1.40 bits per heavy atom. The highest BCUT2D eigenvalue weighted by molar-refractivity contribution is 7.80. The van der Waals surface area contributed by atoms with Crippen LogP contribution in [0.2, 0.25) is 0 Å². The van der Waals surface area contributed by atoms with Crippen LogP contribution in [0, 0.1) is 6.92 Å². The number of hydrogen-bond acceptors (Lipinski definition) is 1. The first-order valence-corrected chi connectivity index (χ1v) is 4.46. The summed E-state index contributed by atoms with van der Waals surface area (Å²) in [7, 11) is 0. The van der Waals surface area contributed by atoms with Gasteiger partial charge >= 0.3 is 6.18 Å². The number of benzene rings is 1. The van der Waals surface area contributed by atoms with Gasteiger partial charge in [-0.3, -0.25) is 0 Å². The van der Waals surface area contributed by atoms with E-state index in [9.17, 15) is 13.2 Å². The Morgan fingerprint density at radius 3 is 2.47 bits per heavy atom. The molecule has 2 nitrogen and oxygen atoms in total. The highest BCUT2D eigenvalue weighted by Gasteiger charge is 2.32. The van der Waals surface area contributed by atoms with Crippen molar-refractivity contribution in [2.45, 2.75) is 13.1 Å². The van der Waals surface area contributed by atoms with Gasteiger partial charge in [-0.15, -0.1) is 0 Å². The molecule has 0 saturated heterocycles. The lowest BCUT2D eigenvalue weighted by molar-refractivity contribution is -0.138. The third-order valence-corrected chi connectivity index (χ3v) is 2.00. The fraction of sp³-hybridized carbons (Fsp3) is 0.222. The van der Waals surface area contributed by atoms with E-state index in [2.05, 4.69) is 17.5 Å². The molecule has 3 N–H and O–H groups in total. The molecule has 0 amide bonds. The molecule has 0 atom stereocenters. The molecule has 82 valence electrons. The number of thiocarbonyl (C=S) groups is 1. The lowest BCUT2D eigenvalue weighted by Gasteiger charge is -2.14. The van der Waals surface area contributed by atoms with Crippen LogP contribution in [0.25, 0.3) is 0 Å². The SMILES string of the molecule is Cc1c(NC(N)=S)cccc1C(F)(F)F. The Bertz CT molecular complexity index is 387. The van der Waals surface area contributed by atoms with Crippen LogP contribution >= 0.6 is 12.2 Å². The summed E-state index contributed by atoms with van der Waals surface area (Å²) in [5.41, 5.74) is 4.86. The van der Waals surface area contributed by atoms with Gasteiger partial charge in [0, 0.05) is 5.69 Å². The number of hydrogen-bond donors (Lipinski definition) is 2. The van der Waals surface area contributed by atoms with Crippen molar-refractivity contribution in [1.82, 2.24) is 0 Å². The summed E-state index contributed by atoms with van der Waals surface area (Å²) < 4.78 is 37.4. The van der Waals surface area contributed by atoms with Crippen molar-refractivity contribution in [2.24, 2.45) is 5.73 Å². The molecule has 0 aliphatic heterocycles. The maximum absolute atomic E-state index is 12.5. The third kappa shape index (κ3) is 2.82. The zero-order valence-corrected chi connectivity index (χ0v) is 8.67. The highest BCUT2D eigenvalue weighted by atomic mass is 32.1. The summed E-state index contributed by atoms with van der Waals surface area (Å²) in [6, 6.07) is 3.81. The molecule has 0 unspecified atom stereocenters. The zero-order chi connectivity index (χ0) is 11.6. The molecule has 0 radical (unpaired) electrons. The van der Waals surface area contributed by atoms with Gasteiger partial charge in [0.05, 0.1) is 5.56 Å². The Morgan fingerprint density at radius 2 is 2.00 bits per heavy atom. The standard InChI is InChI=1S/C9H9F3N2S/c1-5-6(9(10,11)12)3-2-4-7(5)14-8(13)15/h2-4H,1H3,(H3,13,14,15). The minimum absolute atomic E-state index is 0.0579. The van der Waals surface area contributed by atoms with Crippen molar-refractivity contribution in [1.29, 1.82) is 0 Å². The van der Waals surface area contributed by atoms with Crippen LogP contribution in [-0.2, 0) is 6.18 Å². The molecule has 1 aromatic carbocycles. The number of anilines is 1. The van der Waals surface area contributed by atoms with Crippen LogP contribution in [0.5, 0.6) is 0 Å². The monoisotopic (exact) mass is 234 g/mol. The average Bonchev–Trinajstić information content (AvgIpc) is 2.05. The maximum Gasteiger partial charge on any atom is 0.416 e. The van der Waals surface area contributed by atoms with E-state index < -0.39 is 11.7 Å². The van der Waals surface area contributed by atoms with Crippen LogP contribution in [-0.4, -0.2) is 5.11 Å². The van der Waals surface area contributed by atoms with Gasteiger partial charge in [0.25, 0.3) is 0 Å². The minimum Gasteiger partial charge on any atom is -0.376 e. The van der Waals surface area contributed by atoms with Crippen molar-refractivity contribution in [3.05, 3.63) is 29.3 Å². The molecular formula is C9H9F3N2S. The maximum atomic E-state index is 12.5. The lowest BCUT2D eigenvalue weighted by Crippen LogP contribution is -2.20. The number of nitrogens with one attached hydrogen (secondary N) is 1. The molecule has 0 heterocycles. The van der Waals surface area contributed by atoms with E-state index in [4.69, 9.17) is 5.73 Å². The van der Waals surface area contributed by atoms with Crippen LogP contribution in [0.15, 0.2) is 18.2 Å². The Kier molecular flexibility index (Phi) is 3.18. The van der Waals surface area contributed by atoms with Crippen molar-refractivity contribution >= 4 is 23.0 Å². The second-order valence-corrected chi connectivity index (χ2v) is 3.40. The van der Waals surface area contributed by atoms with Gasteiger partial charge in [0.15, 0.2) is 5.11 Å². The number of nitrogens with two attached hydrogens (primary N) is 1. The zero-order valence-electron chi connectivity index (χ0n) is 7.85. The number of rotatable bonds is 1. The molecule has 6 heteroatoms. The highest BCUT2D eigenvalue weighted by Crippen LogP contribution is 2.34. The largest absolute Gasteiger partial charge is 0.416 e. The van der Waals surface area contributed by atoms with Crippen molar-refractivity contribution in [3.8, 4) is 0 Å². The van der Waals surface area contributed by atoms with Gasteiger partial charge in [-0.05, 0) is 36.8 Å². The van der Waals surface area contributed by atoms with E-state index in [0.29, 0.717) is 0 Å². The molecule has 0 aliphatic rings. The first-order chi connectivity index (χ1) is 6.82. The minimum atomic E-state index is -4.36. The second kappa shape index (κ2) is 4.06. The van der Waals surface area contributed by atoms with E-state index in [0.717, 1.165) is 6.07 Å². The molecule has 0 spiro atoms.